The van der Waals surface area contributed by atoms with Crippen molar-refractivity contribution in [2.75, 3.05) is 25.2 Å². The van der Waals surface area contributed by atoms with Gasteiger partial charge in [0, 0.05) is 38.1 Å². The van der Waals surface area contributed by atoms with E-state index in [1.807, 2.05) is 12.1 Å². The lowest BCUT2D eigenvalue weighted by atomic mass is 10.0. The van der Waals surface area contributed by atoms with Gasteiger partial charge in [-0.25, -0.2) is 9.97 Å². The zero-order chi connectivity index (χ0) is 15.5. The molecule has 1 fully saturated rings. The Bertz CT molecular complexity index is 657. The summed E-state index contributed by atoms with van der Waals surface area (Å²) in [6, 6.07) is 8.49. The van der Waals surface area contributed by atoms with Gasteiger partial charge in [-0.05, 0) is 36.6 Å². The summed E-state index contributed by atoms with van der Waals surface area (Å²) in [5.74, 6) is 2.43. The van der Waals surface area contributed by atoms with Crippen molar-refractivity contribution < 1.29 is 9.47 Å². The van der Waals surface area contributed by atoms with E-state index in [-0.39, 0.29) is 0 Å². The Morgan fingerprint density at radius 3 is 2.70 bits per heavy atom. The van der Waals surface area contributed by atoms with E-state index >= 15 is 0 Å². The molecule has 0 amide bonds. The highest BCUT2D eigenvalue weighted by Gasteiger charge is 2.20. The first-order valence-corrected chi connectivity index (χ1v) is 8.01. The van der Waals surface area contributed by atoms with Crippen LogP contribution in [0.15, 0.2) is 36.7 Å². The molecule has 1 saturated heterocycles. The molecule has 1 N–H and O–H groups in total. The minimum atomic E-state index is 0.331. The predicted octanol–water partition coefficient (Wildman–Crippen LogP) is 2.28. The van der Waals surface area contributed by atoms with Crippen molar-refractivity contribution in [3.05, 3.63) is 42.2 Å². The van der Waals surface area contributed by atoms with Gasteiger partial charge >= 0.3 is 0 Å². The normalized spacial score (nSPS) is 18.1. The summed E-state index contributed by atoms with van der Waals surface area (Å²) in [4.78, 5) is 10.9. The largest absolute Gasteiger partial charge is 0.454 e. The monoisotopic (exact) mass is 312 g/mol. The van der Waals surface area contributed by atoms with Gasteiger partial charge in [0.15, 0.2) is 11.5 Å². The van der Waals surface area contributed by atoms with Crippen molar-refractivity contribution in [2.45, 2.75) is 25.4 Å². The molecule has 0 bridgehead atoms. The first kappa shape index (κ1) is 14.3. The number of nitrogens with one attached hydrogen (secondary N) is 1. The number of rotatable bonds is 4. The van der Waals surface area contributed by atoms with Gasteiger partial charge in [0.25, 0.3) is 0 Å². The molecule has 23 heavy (non-hydrogen) atoms. The topological polar surface area (TPSA) is 59.5 Å². The molecule has 0 saturated carbocycles. The highest BCUT2D eigenvalue weighted by molar-refractivity contribution is 5.44. The van der Waals surface area contributed by atoms with Gasteiger partial charge in [-0.3, -0.25) is 4.90 Å². The van der Waals surface area contributed by atoms with Crippen LogP contribution in [0.5, 0.6) is 11.5 Å². The summed E-state index contributed by atoms with van der Waals surface area (Å²) in [6.07, 6.45) is 5.74. The van der Waals surface area contributed by atoms with Crippen LogP contribution in [0.2, 0.25) is 0 Å². The van der Waals surface area contributed by atoms with E-state index in [1.54, 1.807) is 12.4 Å². The zero-order valence-corrected chi connectivity index (χ0v) is 12.9. The smallest absolute Gasteiger partial charge is 0.231 e. The average molecular weight is 312 g/mol. The molecule has 120 valence electrons. The predicted molar refractivity (Wildman–Crippen MR) is 86.5 cm³/mol. The Kier molecular flexibility index (Phi) is 3.98. The van der Waals surface area contributed by atoms with E-state index < -0.39 is 0 Å². The van der Waals surface area contributed by atoms with E-state index in [0.717, 1.165) is 49.9 Å². The molecular weight excluding hydrogens is 292 g/mol. The number of anilines is 1. The van der Waals surface area contributed by atoms with Crippen molar-refractivity contribution in [2.24, 2.45) is 0 Å². The number of hydrogen-bond donors (Lipinski definition) is 1. The third-order valence-electron chi connectivity index (χ3n) is 4.33. The lowest BCUT2D eigenvalue weighted by molar-refractivity contribution is 0.173. The summed E-state index contributed by atoms with van der Waals surface area (Å²) in [5.41, 5.74) is 1.27. The molecule has 3 heterocycles. The van der Waals surface area contributed by atoms with Crippen molar-refractivity contribution in [3.8, 4) is 11.5 Å². The fraction of sp³-hybridized carbons (Fsp3) is 0.412. The molecule has 2 aliphatic rings. The Morgan fingerprint density at radius 1 is 1.09 bits per heavy atom. The van der Waals surface area contributed by atoms with Crippen LogP contribution in [0.1, 0.15) is 18.4 Å². The van der Waals surface area contributed by atoms with Crippen LogP contribution < -0.4 is 14.8 Å². The van der Waals surface area contributed by atoms with Gasteiger partial charge < -0.3 is 14.8 Å². The van der Waals surface area contributed by atoms with Crippen molar-refractivity contribution >= 4 is 5.95 Å². The number of fused-ring (bicyclic) bond motifs is 1. The van der Waals surface area contributed by atoms with E-state index in [0.29, 0.717) is 12.8 Å². The Hall–Kier alpha value is -2.34. The maximum Gasteiger partial charge on any atom is 0.231 e. The Balaban J connectivity index is 1.30. The lowest BCUT2D eigenvalue weighted by Gasteiger charge is -2.32. The average Bonchev–Trinajstić information content (AvgIpc) is 3.05. The molecule has 1 aromatic carbocycles. The molecular formula is C17H20N4O2. The van der Waals surface area contributed by atoms with Crippen LogP contribution in [0.4, 0.5) is 5.95 Å². The Morgan fingerprint density at radius 2 is 1.87 bits per heavy atom. The van der Waals surface area contributed by atoms with Gasteiger partial charge in [-0.15, -0.1) is 0 Å². The van der Waals surface area contributed by atoms with Crippen LogP contribution in [0, 0.1) is 0 Å². The maximum atomic E-state index is 5.45. The van der Waals surface area contributed by atoms with Gasteiger partial charge in [0.2, 0.25) is 12.7 Å². The highest BCUT2D eigenvalue weighted by Crippen LogP contribution is 2.33. The first-order valence-electron chi connectivity index (χ1n) is 8.01. The summed E-state index contributed by atoms with van der Waals surface area (Å²) in [7, 11) is 0. The van der Waals surface area contributed by atoms with Gasteiger partial charge in [0.05, 0.1) is 0 Å². The van der Waals surface area contributed by atoms with Crippen LogP contribution in [0.3, 0.4) is 0 Å². The van der Waals surface area contributed by atoms with Gasteiger partial charge in [-0.1, -0.05) is 6.07 Å². The quantitative estimate of drug-likeness (QED) is 0.934. The summed E-state index contributed by atoms with van der Waals surface area (Å²) in [5, 5.41) is 3.41. The fourth-order valence-electron chi connectivity index (χ4n) is 3.09. The molecule has 6 nitrogen and oxygen atoms in total. The second-order valence-corrected chi connectivity index (χ2v) is 5.95. The summed E-state index contributed by atoms with van der Waals surface area (Å²) in [6.45, 7) is 3.42. The number of nitrogens with zero attached hydrogens (tertiary/aromatic N) is 3. The molecule has 0 spiro atoms. The van der Waals surface area contributed by atoms with E-state index in [1.165, 1.54) is 5.56 Å². The molecule has 0 atom stereocenters. The van der Waals surface area contributed by atoms with E-state index in [9.17, 15) is 0 Å². The number of likely N-dealkylation sites (tertiary alicyclic amines) is 1. The number of piperidine rings is 1. The lowest BCUT2D eigenvalue weighted by Crippen LogP contribution is -2.38. The number of hydrogen-bond acceptors (Lipinski definition) is 6. The fourth-order valence-corrected chi connectivity index (χ4v) is 3.09. The van der Waals surface area contributed by atoms with Crippen LogP contribution in [0.25, 0.3) is 0 Å². The molecule has 0 radical (unpaired) electrons. The molecule has 2 aliphatic heterocycles. The van der Waals surface area contributed by atoms with Crippen LogP contribution in [-0.2, 0) is 6.54 Å². The van der Waals surface area contributed by atoms with Crippen molar-refractivity contribution in [1.82, 2.24) is 14.9 Å². The summed E-state index contributed by atoms with van der Waals surface area (Å²) < 4.78 is 10.8. The van der Waals surface area contributed by atoms with Crippen LogP contribution >= 0.6 is 0 Å². The second-order valence-electron chi connectivity index (χ2n) is 5.95. The SMILES string of the molecule is c1cnc(NC2CCN(Cc3ccc4c(c3)OCO4)CC2)nc1. The zero-order valence-electron chi connectivity index (χ0n) is 12.9. The third kappa shape index (κ3) is 3.37. The standard InChI is InChI=1S/C17H20N4O2/c1-6-18-17(19-7-1)20-14-4-8-21(9-5-14)11-13-2-3-15-16(10-13)23-12-22-15/h1-3,6-7,10,14H,4-5,8-9,11-12H2,(H,18,19,20). The number of benzene rings is 1. The molecule has 2 aromatic rings. The van der Waals surface area contributed by atoms with E-state index in [4.69, 9.17) is 9.47 Å². The van der Waals surface area contributed by atoms with Crippen molar-refractivity contribution in [3.63, 3.8) is 0 Å². The number of ether oxygens (including phenoxy) is 2. The Labute approximate surface area is 135 Å². The summed E-state index contributed by atoms with van der Waals surface area (Å²) >= 11 is 0. The highest BCUT2D eigenvalue weighted by atomic mass is 16.7. The molecule has 1 aromatic heterocycles. The first-order chi connectivity index (χ1) is 11.4. The molecule has 0 unspecified atom stereocenters. The molecule has 0 aliphatic carbocycles. The minimum Gasteiger partial charge on any atom is -0.454 e. The van der Waals surface area contributed by atoms with Crippen molar-refractivity contribution in [1.29, 1.82) is 0 Å². The van der Waals surface area contributed by atoms with Gasteiger partial charge in [-0.2, -0.15) is 0 Å². The minimum absolute atomic E-state index is 0.331. The van der Waals surface area contributed by atoms with E-state index in [2.05, 4.69) is 32.3 Å². The third-order valence-corrected chi connectivity index (χ3v) is 4.33. The molecule has 4 rings (SSSR count). The van der Waals surface area contributed by atoms with Gasteiger partial charge in [0.1, 0.15) is 0 Å². The number of aromatic nitrogens is 2. The second kappa shape index (κ2) is 6.42. The van der Waals surface area contributed by atoms with Crippen LogP contribution in [-0.4, -0.2) is 40.8 Å². The molecule has 6 heteroatoms. The maximum absolute atomic E-state index is 5.45.